The zero-order chi connectivity index (χ0) is 12.4. The van der Waals surface area contributed by atoms with E-state index in [2.05, 4.69) is 35.3 Å². The van der Waals surface area contributed by atoms with Gasteiger partial charge in [0, 0.05) is 17.3 Å². The topological polar surface area (TPSA) is 38.9 Å². The highest BCUT2D eigenvalue weighted by atomic mass is 14.7. The number of nitrogens with zero attached hydrogens (tertiary/aromatic N) is 1. The Kier molecular flexibility index (Phi) is 2.69. The second kappa shape index (κ2) is 4.49. The molecule has 3 aromatic rings. The van der Waals surface area contributed by atoms with Gasteiger partial charge in [0.05, 0.1) is 5.52 Å². The maximum absolute atomic E-state index is 5.98. The average molecular weight is 234 g/mol. The van der Waals surface area contributed by atoms with Crippen LogP contribution in [0.25, 0.3) is 10.9 Å². The van der Waals surface area contributed by atoms with Crippen LogP contribution in [0.1, 0.15) is 11.1 Å². The lowest BCUT2D eigenvalue weighted by atomic mass is 10.0. The fourth-order valence-corrected chi connectivity index (χ4v) is 2.22. The van der Waals surface area contributed by atoms with Crippen LogP contribution in [0, 0.1) is 0 Å². The Morgan fingerprint density at radius 3 is 2.56 bits per heavy atom. The first-order valence-electron chi connectivity index (χ1n) is 6.00. The molecular weight excluding hydrogens is 220 g/mol. The van der Waals surface area contributed by atoms with Crippen molar-refractivity contribution in [1.82, 2.24) is 4.98 Å². The number of para-hydroxylation sites is 1. The van der Waals surface area contributed by atoms with E-state index < -0.39 is 0 Å². The maximum atomic E-state index is 5.98. The highest BCUT2D eigenvalue weighted by molar-refractivity contribution is 5.91. The molecule has 0 fully saturated rings. The smallest absolute Gasteiger partial charge is 0.0757 e. The molecule has 1 heterocycles. The molecule has 0 radical (unpaired) electrons. The molecule has 0 saturated heterocycles. The van der Waals surface area contributed by atoms with Crippen molar-refractivity contribution in [3.05, 3.63) is 71.9 Å². The molecule has 0 amide bonds. The number of aromatic nitrogens is 1. The third-order valence-electron chi connectivity index (χ3n) is 3.13. The highest BCUT2D eigenvalue weighted by Crippen LogP contribution is 2.23. The van der Waals surface area contributed by atoms with Crippen molar-refractivity contribution in [3.8, 4) is 0 Å². The number of hydrogen-bond donors (Lipinski definition) is 1. The third-order valence-corrected chi connectivity index (χ3v) is 3.13. The molecule has 0 saturated carbocycles. The van der Waals surface area contributed by atoms with Gasteiger partial charge in [-0.3, -0.25) is 4.98 Å². The van der Waals surface area contributed by atoms with Crippen molar-refractivity contribution in [2.45, 2.75) is 6.42 Å². The second-order valence-electron chi connectivity index (χ2n) is 4.38. The van der Waals surface area contributed by atoms with Crippen LogP contribution in [-0.2, 0) is 6.42 Å². The zero-order valence-electron chi connectivity index (χ0n) is 10.0. The summed E-state index contributed by atoms with van der Waals surface area (Å²) in [5, 5.41) is 1.03. The summed E-state index contributed by atoms with van der Waals surface area (Å²) in [6.07, 6.45) is 2.65. The summed E-state index contributed by atoms with van der Waals surface area (Å²) >= 11 is 0. The highest BCUT2D eigenvalue weighted by Gasteiger charge is 2.04. The number of fused-ring (bicyclic) bond motifs is 1. The van der Waals surface area contributed by atoms with Crippen LogP contribution in [0.3, 0.4) is 0 Å². The van der Waals surface area contributed by atoms with Crippen molar-refractivity contribution < 1.29 is 0 Å². The Morgan fingerprint density at radius 1 is 0.889 bits per heavy atom. The van der Waals surface area contributed by atoms with E-state index in [0.29, 0.717) is 0 Å². The van der Waals surface area contributed by atoms with Crippen LogP contribution in [0.4, 0.5) is 5.69 Å². The van der Waals surface area contributed by atoms with Crippen LogP contribution in [0.15, 0.2) is 60.8 Å². The normalized spacial score (nSPS) is 10.7. The molecule has 2 N–H and O–H groups in total. The van der Waals surface area contributed by atoms with Gasteiger partial charge in [0.25, 0.3) is 0 Å². The van der Waals surface area contributed by atoms with Gasteiger partial charge in [-0.05, 0) is 23.6 Å². The quantitative estimate of drug-likeness (QED) is 0.738. The summed E-state index contributed by atoms with van der Waals surface area (Å²) < 4.78 is 0. The van der Waals surface area contributed by atoms with Gasteiger partial charge >= 0.3 is 0 Å². The molecule has 18 heavy (non-hydrogen) atoms. The minimum Gasteiger partial charge on any atom is -0.398 e. The summed E-state index contributed by atoms with van der Waals surface area (Å²) in [6, 6.07) is 18.4. The van der Waals surface area contributed by atoms with Crippen molar-refractivity contribution in [1.29, 1.82) is 0 Å². The molecule has 2 nitrogen and oxygen atoms in total. The lowest BCUT2D eigenvalue weighted by Crippen LogP contribution is -1.94. The van der Waals surface area contributed by atoms with Crippen LogP contribution < -0.4 is 5.73 Å². The van der Waals surface area contributed by atoms with Gasteiger partial charge in [0.1, 0.15) is 0 Å². The molecule has 1 aromatic heterocycles. The van der Waals surface area contributed by atoms with Gasteiger partial charge in [-0.1, -0.05) is 48.5 Å². The third kappa shape index (κ3) is 1.93. The van der Waals surface area contributed by atoms with E-state index in [-0.39, 0.29) is 0 Å². The Morgan fingerprint density at radius 2 is 1.72 bits per heavy atom. The minimum atomic E-state index is 0.787. The van der Waals surface area contributed by atoms with Gasteiger partial charge in [0.2, 0.25) is 0 Å². The van der Waals surface area contributed by atoms with Gasteiger partial charge in [-0.2, -0.15) is 0 Å². The van der Waals surface area contributed by atoms with Crippen molar-refractivity contribution >= 4 is 16.6 Å². The SMILES string of the molecule is Nc1ccnc2c(Cc3ccccc3)cccc12. The number of rotatable bonds is 2. The van der Waals surface area contributed by atoms with Gasteiger partial charge in [-0.25, -0.2) is 0 Å². The van der Waals surface area contributed by atoms with Gasteiger partial charge in [-0.15, -0.1) is 0 Å². The number of nitrogens with two attached hydrogens (primary N) is 1. The van der Waals surface area contributed by atoms with Crippen LogP contribution >= 0.6 is 0 Å². The van der Waals surface area contributed by atoms with E-state index in [1.165, 1.54) is 11.1 Å². The number of hydrogen-bond acceptors (Lipinski definition) is 2. The monoisotopic (exact) mass is 234 g/mol. The van der Waals surface area contributed by atoms with E-state index >= 15 is 0 Å². The Balaban J connectivity index is 2.10. The molecule has 0 bridgehead atoms. The van der Waals surface area contributed by atoms with Crippen molar-refractivity contribution in [2.24, 2.45) is 0 Å². The first-order valence-corrected chi connectivity index (χ1v) is 6.00. The van der Waals surface area contributed by atoms with E-state index in [0.717, 1.165) is 23.0 Å². The maximum Gasteiger partial charge on any atom is 0.0757 e. The standard InChI is InChI=1S/C16H14N2/c17-15-9-10-18-16-13(7-4-8-14(15)16)11-12-5-2-1-3-6-12/h1-10H,11H2,(H2,17,18). The summed E-state index contributed by atoms with van der Waals surface area (Å²) in [4.78, 5) is 4.46. The van der Waals surface area contributed by atoms with E-state index in [4.69, 9.17) is 5.73 Å². The molecule has 88 valence electrons. The number of nitrogen functional groups attached to an aromatic ring is 1. The molecule has 2 aromatic carbocycles. The first kappa shape index (κ1) is 10.8. The van der Waals surface area contributed by atoms with E-state index in [1.54, 1.807) is 6.20 Å². The second-order valence-corrected chi connectivity index (χ2v) is 4.38. The van der Waals surface area contributed by atoms with E-state index in [1.807, 2.05) is 24.3 Å². The zero-order valence-corrected chi connectivity index (χ0v) is 10.0. The fraction of sp³-hybridized carbons (Fsp3) is 0.0625. The predicted molar refractivity (Wildman–Crippen MR) is 75.4 cm³/mol. The Labute approximate surface area is 106 Å². The average Bonchev–Trinajstić information content (AvgIpc) is 2.41. The van der Waals surface area contributed by atoms with Crippen LogP contribution in [-0.4, -0.2) is 4.98 Å². The molecule has 0 atom stereocenters. The van der Waals surface area contributed by atoms with Gasteiger partial charge < -0.3 is 5.73 Å². The molecule has 0 aliphatic heterocycles. The Bertz CT molecular complexity index is 675. The Hall–Kier alpha value is -2.35. The largest absolute Gasteiger partial charge is 0.398 e. The summed E-state index contributed by atoms with van der Waals surface area (Å²) in [5.41, 5.74) is 10.3. The molecule has 0 aliphatic carbocycles. The van der Waals surface area contributed by atoms with Crippen molar-refractivity contribution in [2.75, 3.05) is 5.73 Å². The summed E-state index contributed by atoms with van der Waals surface area (Å²) in [7, 11) is 0. The van der Waals surface area contributed by atoms with Crippen molar-refractivity contribution in [3.63, 3.8) is 0 Å². The van der Waals surface area contributed by atoms with Gasteiger partial charge in [0.15, 0.2) is 0 Å². The number of pyridine rings is 1. The minimum absolute atomic E-state index is 0.787. The van der Waals surface area contributed by atoms with Crippen LogP contribution in [0.2, 0.25) is 0 Å². The first-order chi connectivity index (χ1) is 8.84. The lowest BCUT2D eigenvalue weighted by Gasteiger charge is -2.07. The predicted octanol–water partition coefficient (Wildman–Crippen LogP) is 3.41. The molecule has 0 aliphatic rings. The molecule has 2 heteroatoms. The number of anilines is 1. The molecule has 3 rings (SSSR count). The molecule has 0 unspecified atom stereocenters. The fourth-order valence-electron chi connectivity index (χ4n) is 2.22. The number of benzene rings is 2. The summed E-state index contributed by atoms with van der Waals surface area (Å²) in [5.74, 6) is 0. The van der Waals surface area contributed by atoms with Crippen LogP contribution in [0.5, 0.6) is 0 Å². The molecule has 0 spiro atoms. The summed E-state index contributed by atoms with van der Waals surface area (Å²) in [6.45, 7) is 0. The molecular formula is C16H14N2. The lowest BCUT2D eigenvalue weighted by molar-refractivity contribution is 1.19. The van der Waals surface area contributed by atoms with E-state index in [9.17, 15) is 0 Å².